The summed E-state index contributed by atoms with van der Waals surface area (Å²) in [5.74, 6) is 0. The molecule has 0 fully saturated rings. The Morgan fingerprint density at radius 2 is 0.714 bits per heavy atom. The highest BCUT2D eigenvalue weighted by molar-refractivity contribution is 6.84. The molecule has 0 atom stereocenters. The second-order valence-electron chi connectivity index (χ2n) is 2.92. The lowest BCUT2D eigenvalue weighted by atomic mass is 9.24. The molecule has 0 bridgehead atoms. The van der Waals surface area contributed by atoms with Crippen LogP contribution in [0.2, 0.25) is 6.82 Å². The van der Waals surface area contributed by atoms with Gasteiger partial charge < -0.3 is 0 Å². The van der Waals surface area contributed by atoms with Crippen LogP contribution >= 0.6 is 0 Å². The fraction of sp³-hybridized carbons (Fsp3) is 1.00. The van der Waals surface area contributed by atoms with E-state index in [1.807, 2.05) is 0 Å². The van der Waals surface area contributed by atoms with Crippen LogP contribution in [0.25, 0.3) is 0 Å². The minimum absolute atomic E-state index is 0.875. The van der Waals surface area contributed by atoms with Crippen LogP contribution in [0.1, 0.15) is 0 Å². The number of hydrogen-bond donors (Lipinski definition) is 0. The highest BCUT2D eigenvalue weighted by Crippen LogP contribution is 2.49. The van der Waals surface area contributed by atoms with Gasteiger partial charge in [-0.1, -0.05) is 0 Å². The third kappa shape index (κ3) is 1.78. The predicted octanol–water partition coefficient (Wildman–Crippen LogP) is 3.37. The van der Waals surface area contributed by atoms with Crippen molar-refractivity contribution in [2.75, 3.05) is 0 Å². The van der Waals surface area contributed by atoms with Crippen LogP contribution in [0.3, 0.4) is 0 Å². The Bertz CT molecular complexity index is 170. The lowest BCUT2D eigenvalue weighted by molar-refractivity contribution is -0.162. The molecular formula is C4H3BF9-. The molecule has 0 amide bonds. The zero-order valence-electron chi connectivity index (χ0n) is 6.48. The summed E-state index contributed by atoms with van der Waals surface area (Å²) in [5, 5.41) is 0. The van der Waals surface area contributed by atoms with Crippen molar-refractivity contribution >= 4 is 6.15 Å². The van der Waals surface area contributed by atoms with E-state index in [1.165, 1.54) is 0 Å². The van der Waals surface area contributed by atoms with Gasteiger partial charge in [-0.25, -0.2) is 39.5 Å². The number of rotatable bonds is 0. The van der Waals surface area contributed by atoms with Gasteiger partial charge in [-0.05, 0) is 0 Å². The first-order valence-electron chi connectivity index (χ1n) is 3.14. The lowest BCUT2D eigenvalue weighted by Crippen LogP contribution is -2.69. The number of halogens is 9. The van der Waals surface area contributed by atoms with Gasteiger partial charge >= 0.3 is 6.15 Å². The topological polar surface area (TPSA) is 0 Å². The fourth-order valence-corrected chi connectivity index (χ4v) is 0.557. The highest BCUT2D eigenvalue weighted by atomic mass is 19.4. The Kier molecular flexibility index (Phi) is 2.84. The Hall–Kier alpha value is -0.565. The fourth-order valence-electron chi connectivity index (χ4n) is 0.557. The Morgan fingerprint density at radius 1 is 0.571 bits per heavy atom. The van der Waals surface area contributed by atoms with E-state index < -0.39 is 31.2 Å². The van der Waals surface area contributed by atoms with E-state index >= 15 is 0 Å². The van der Waals surface area contributed by atoms with Gasteiger partial charge in [-0.15, -0.1) is 0 Å². The molecular weight excluding hydrogens is 230 g/mol. The first kappa shape index (κ1) is 13.4. The molecule has 0 rings (SSSR count). The molecule has 0 heterocycles. The molecule has 0 N–H and O–H groups in total. The van der Waals surface area contributed by atoms with Gasteiger partial charge in [-0.3, -0.25) is 0 Å². The molecule has 14 heavy (non-hydrogen) atoms. The molecule has 0 nitrogen and oxygen atoms in total. The molecule has 0 unspecified atom stereocenters. The van der Waals surface area contributed by atoms with Crippen LogP contribution in [-0.4, -0.2) is 24.4 Å². The maximum Gasteiger partial charge on any atom is 0.345 e. The number of alkyl halides is 9. The van der Waals surface area contributed by atoms with Gasteiger partial charge in [0.1, 0.15) is 0 Å². The lowest BCUT2D eigenvalue weighted by Gasteiger charge is -2.40. The Balaban J connectivity index is 5.54. The second-order valence-corrected chi connectivity index (χ2v) is 2.92. The summed E-state index contributed by atoms with van der Waals surface area (Å²) < 4.78 is 105. The zero-order valence-corrected chi connectivity index (χ0v) is 6.48. The largest absolute Gasteiger partial charge is 0.345 e. The Labute approximate surface area is 72.0 Å². The van der Waals surface area contributed by atoms with Crippen LogP contribution in [0.4, 0.5) is 39.5 Å². The predicted molar refractivity (Wildman–Crippen MR) is 29.8 cm³/mol. The number of hydrogen-bond acceptors (Lipinski definition) is 0. The monoisotopic (exact) mass is 233 g/mol. The summed E-state index contributed by atoms with van der Waals surface area (Å²) in [5.41, 5.74) is 0. The molecule has 86 valence electrons. The maximum absolute atomic E-state index is 11.7. The molecule has 10 heteroatoms. The van der Waals surface area contributed by atoms with E-state index in [9.17, 15) is 39.5 Å². The first-order chi connectivity index (χ1) is 5.75. The third-order valence-electron chi connectivity index (χ3n) is 1.96. The van der Waals surface area contributed by atoms with Crippen molar-refractivity contribution in [1.29, 1.82) is 0 Å². The summed E-state index contributed by atoms with van der Waals surface area (Å²) in [6.45, 7) is -0.875. The average Bonchev–Trinajstić information content (AvgIpc) is 1.77. The molecule has 0 aliphatic rings. The van der Waals surface area contributed by atoms with Gasteiger partial charge in [-0.2, -0.15) is 6.82 Å². The van der Waals surface area contributed by atoms with Gasteiger partial charge in [0.15, 0.2) is 0 Å². The smallest absolute Gasteiger partial charge is 0.216 e. The SMILES string of the molecule is C[B-](C(F)(F)F)(C(F)(F)F)C(F)(F)F. The van der Waals surface area contributed by atoms with E-state index in [4.69, 9.17) is 0 Å². The van der Waals surface area contributed by atoms with Crippen LogP contribution in [0.5, 0.6) is 0 Å². The molecule has 0 saturated carbocycles. The molecule has 0 aromatic heterocycles. The normalized spacial score (nSPS) is 15.9. The van der Waals surface area contributed by atoms with Crippen LogP contribution in [0, 0.1) is 0 Å². The molecule has 0 aliphatic carbocycles. The molecule has 0 aromatic rings. The van der Waals surface area contributed by atoms with Crippen molar-refractivity contribution < 1.29 is 39.5 Å². The summed E-state index contributed by atoms with van der Waals surface area (Å²) in [4.78, 5) is 0. The molecule has 0 aliphatic heterocycles. The van der Waals surface area contributed by atoms with Gasteiger partial charge in [0.25, 0.3) is 18.2 Å². The molecule has 0 spiro atoms. The van der Waals surface area contributed by atoms with E-state index in [0.717, 1.165) is 0 Å². The molecule has 0 saturated heterocycles. The highest BCUT2D eigenvalue weighted by Gasteiger charge is 2.75. The van der Waals surface area contributed by atoms with Crippen molar-refractivity contribution in [2.24, 2.45) is 0 Å². The van der Waals surface area contributed by atoms with Crippen LogP contribution in [-0.2, 0) is 0 Å². The van der Waals surface area contributed by atoms with E-state index in [0.29, 0.717) is 0 Å². The second kappa shape index (κ2) is 2.96. The van der Waals surface area contributed by atoms with Crippen molar-refractivity contribution in [3.63, 3.8) is 0 Å². The first-order valence-corrected chi connectivity index (χ1v) is 3.14. The minimum atomic E-state index is -6.44. The minimum Gasteiger partial charge on any atom is -0.216 e. The summed E-state index contributed by atoms with van der Waals surface area (Å²) in [7, 11) is 0. The summed E-state index contributed by atoms with van der Waals surface area (Å²) >= 11 is 0. The van der Waals surface area contributed by atoms with Gasteiger partial charge in [0.2, 0.25) is 0 Å². The van der Waals surface area contributed by atoms with Crippen molar-refractivity contribution in [1.82, 2.24) is 0 Å². The van der Waals surface area contributed by atoms with Crippen LogP contribution < -0.4 is 0 Å². The summed E-state index contributed by atoms with van der Waals surface area (Å²) in [6, 6.07) is 0. The molecule has 0 radical (unpaired) electrons. The third-order valence-corrected chi connectivity index (χ3v) is 1.96. The maximum atomic E-state index is 11.7. The molecule has 0 aromatic carbocycles. The standard InChI is InChI=1S/C4H3BF9/c1-5(2(6,7)8,3(9,10)11)4(12,13)14/h1H3/q-1. The van der Waals surface area contributed by atoms with E-state index in [-0.39, 0.29) is 0 Å². The quantitative estimate of drug-likeness (QED) is 0.444. The van der Waals surface area contributed by atoms with Gasteiger partial charge in [0, 0.05) is 0 Å². The Morgan fingerprint density at radius 3 is 0.714 bits per heavy atom. The zero-order chi connectivity index (χ0) is 12.0. The van der Waals surface area contributed by atoms with Crippen LogP contribution in [0.15, 0.2) is 0 Å². The average molecular weight is 233 g/mol. The van der Waals surface area contributed by atoms with E-state index in [2.05, 4.69) is 0 Å². The van der Waals surface area contributed by atoms with Crippen molar-refractivity contribution in [2.45, 2.75) is 25.1 Å². The van der Waals surface area contributed by atoms with Crippen molar-refractivity contribution in [3.8, 4) is 0 Å². The van der Waals surface area contributed by atoms with Gasteiger partial charge in [0.05, 0.1) is 0 Å². The van der Waals surface area contributed by atoms with Crippen molar-refractivity contribution in [3.05, 3.63) is 0 Å². The van der Waals surface area contributed by atoms with E-state index in [1.54, 1.807) is 0 Å². The summed E-state index contributed by atoms with van der Waals surface area (Å²) in [6.07, 6.45) is -25.5.